The highest BCUT2D eigenvalue weighted by Gasteiger charge is 2.13. The molecule has 0 aromatic heterocycles. The van der Waals surface area contributed by atoms with Gasteiger partial charge in [-0.2, -0.15) is 0 Å². The second-order valence-corrected chi connectivity index (χ2v) is 5.56. The molecule has 1 atom stereocenters. The van der Waals surface area contributed by atoms with Gasteiger partial charge in [0.1, 0.15) is 0 Å². The average Bonchev–Trinajstić information content (AvgIpc) is 2.24. The van der Waals surface area contributed by atoms with Gasteiger partial charge in [-0.25, -0.2) is 0 Å². The molecule has 90 valence electrons. The van der Waals surface area contributed by atoms with Crippen LogP contribution in [0.4, 0.5) is 0 Å². The van der Waals surface area contributed by atoms with Crippen molar-refractivity contribution in [3.8, 4) is 0 Å². The molecule has 2 nitrogen and oxygen atoms in total. The standard InChI is InChI=1S/C14H24N2/c1-14(2,3)11-16-13(10-15)9-12-7-5-4-6-8-12/h4-8,13,16H,9-11,15H2,1-3H3/t13-/m0/s1. The Morgan fingerprint density at radius 1 is 1.19 bits per heavy atom. The van der Waals surface area contributed by atoms with Crippen LogP contribution >= 0.6 is 0 Å². The van der Waals surface area contributed by atoms with Crippen LogP contribution in [0.2, 0.25) is 0 Å². The molecule has 1 aromatic rings. The topological polar surface area (TPSA) is 38.0 Å². The lowest BCUT2D eigenvalue weighted by Gasteiger charge is -2.24. The van der Waals surface area contributed by atoms with E-state index in [-0.39, 0.29) is 0 Å². The monoisotopic (exact) mass is 220 g/mol. The molecule has 0 aliphatic heterocycles. The minimum Gasteiger partial charge on any atom is -0.329 e. The first-order valence-corrected chi connectivity index (χ1v) is 5.98. The van der Waals surface area contributed by atoms with Crippen molar-refractivity contribution in [1.29, 1.82) is 0 Å². The molecule has 2 heteroatoms. The lowest BCUT2D eigenvalue weighted by atomic mass is 9.96. The number of rotatable bonds is 5. The largest absolute Gasteiger partial charge is 0.329 e. The van der Waals surface area contributed by atoms with Gasteiger partial charge in [0.2, 0.25) is 0 Å². The fourth-order valence-electron chi connectivity index (χ4n) is 1.59. The Bertz CT molecular complexity index is 287. The molecule has 3 N–H and O–H groups in total. The van der Waals surface area contributed by atoms with E-state index >= 15 is 0 Å². The average molecular weight is 220 g/mol. The van der Waals surface area contributed by atoms with E-state index in [0.717, 1.165) is 13.0 Å². The van der Waals surface area contributed by atoms with Gasteiger partial charge in [-0.05, 0) is 17.4 Å². The van der Waals surface area contributed by atoms with Crippen LogP contribution in [0.5, 0.6) is 0 Å². The molecule has 0 saturated heterocycles. The Labute approximate surface area is 99.2 Å². The Morgan fingerprint density at radius 3 is 2.31 bits per heavy atom. The number of hydrogen-bond donors (Lipinski definition) is 2. The van der Waals surface area contributed by atoms with Crippen molar-refractivity contribution in [2.75, 3.05) is 13.1 Å². The van der Waals surface area contributed by atoms with Crippen molar-refractivity contribution in [2.24, 2.45) is 11.1 Å². The molecule has 16 heavy (non-hydrogen) atoms. The van der Waals surface area contributed by atoms with Crippen LogP contribution in [0.25, 0.3) is 0 Å². The van der Waals surface area contributed by atoms with E-state index in [9.17, 15) is 0 Å². The highest BCUT2D eigenvalue weighted by molar-refractivity contribution is 5.15. The molecule has 0 unspecified atom stereocenters. The fourth-order valence-corrected chi connectivity index (χ4v) is 1.59. The molecule has 0 saturated carbocycles. The number of nitrogens with two attached hydrogens (primary N) is 1. The zero-order chi connectivity index (χ0) is 12.0. The van der Waals surface area contributed by atoms with E-state index in [1.54, 1.807) is 0 Å². The predicted octanol–water partition coefficient (Wildman–Crippen LogP) is 2.19. The minimum absolute atomic E-state index is 0.310. The Kier molecular flexibility index (Phi) is 4.97. The maximum atomic E-state index is 5.79. The Balaban J connectivity index is 2.44. The molecule has 1 aromatic carbocycles. The lowest BCUT2D eigenvalue weighted by Crippen LogP contribution is -2.41. The van der Waals surface area contributed by atoms with Crippen LogP contribution in [0.15, 0.2) is 30.3 Å². The summed E-state index contributed by atoms with van der Waals surface area (Å²) in [6.45, 7) is 8.38. The zero-order valence-electron chi connectivity index (χ0n) is 10.7. The summed E-state index contributed by atoms with van der Waals surface area (Å²) in [5.41, 5.74) is 7.44. The molecule has 0 aliphatic carbocycles. The molecule has 0 radical (unpaired) electrons. The third kappa shape index (κ3) is 5.29. The first kappa shape index (κ1) is 13.2. The normalized spacial score (nSPS) is 13.8. The molecule has 1 rings (SSSR count). The summed E-state index contributed by atoms with van der Waals surface area (Å²) in [6.07, 6.45) is 1.01. The van der Waals surface area contributed by atoms with Gasteiger partial charge in [-0.1, -0.05) is 51.1 Å². The minimum atomic E-state index is 0.310. The van der Waals surface area contributed by atoms with Crippen LogP contribution in [0.1, 0.15) is 26.3 Å². The van der Waals surface area contributed by atoms with Crippen molar-refractivity contribution >= 4 is 0 Å². The number of nitrogens with one attached hydrogen (secondary N) is 1. The van der Waals surface area contributed by atoms with Gasteiger partial charge in [-0.15, -0.1) is 0 Å². The van der Waals surface area contributed by atoms with Crippen molar-refractivity contribution < 1.29 is 0 Å². The maximum Gasteiger partial charge on any atom is 0.0230 e. The fraction of sp³-hybridized carbons (Fsp3) is 0.571. The van der Waals surface area contributed by atoms with Crippen LogP contribution in [0, 0.1) is 5.41 Å². The van der Waals surface area contributed by atoms with Gasteiger partial charge < -0.3 is 11.1 Å². The molecule has 0 spiro atoms. The van der Waals surface area contributed by atoms with Crippen molar-refractivity contribution in [3.05, 3.63) is 35.9 Å². The zero-order valence-corrected chi connectivity index (χ0v) is 10.7. The summed E-state index contributed by atoms with van der Waals surface area (Å²) in [5, 5.41) is 3.53. The highest BCUT2D eigenvalue weighted by Crippen LogP contribution is 2.11. The molecule has 0 bridgehead atoms. The summed E-state index contributed by atoms with van der Waals surface area (Å²) >= 11 is 0. The lowest BCUT2D eigenvalue weighted by molar-refractivity contribution is 0.350. The summed E-state index contributed by atoms with van der Waals surface area (Å²) in [6, 6.07) is 10.9. The van der Waals surface area contributed by atoms with Crippen LogP contribution in [-0.2, 0) is 6.42 Å². The summed E-state index contributed by atoms with van der Waals surface area (Å²) in [7, 11) is 0. The first-order valence-electron chi connectivity index (χ1n) is 5.98. The summed E-state index contributed by atoms with van der Waals surface area (Å²) in [4.78, 5) is 0. The number of benzene rings is 1. The number of hydrogen-bond acceptors (Lipinski definition) is 2. The van der Waals surface area contributed by atoms with E-state index in [4.69, 9.17) is 5.73 Å². The van der Waals surface area contributed by atoms with Crippen LogP contribution in [0.3, 0.4) is 0 Å². The predicted molar refractivity (Wildman–Crippen MR) is 70.4 cm³/mol. The first-order chi connectivity index (χ1) is 7.51. The second-order valence-electron chi connectivity index (χ2n) is 5.56. The molecule has 0 heterocycles. The molecule has 0 aliphatic rings. The molecular formula is C14H24N2. The van der Waals surface area contributed by atoms with Crippen LogP contribution in [-0.4, -0.2) is 19.1 Å². The van der Waals surface area contributed by atoms with E-state index < -0.39 is 0 Å². The van der Waals surface area contributed by atoms with Crippen molar-refractivity contribution in [2.45, 2.75) is 33.2 Å². The third-order valence-corrected chi connectivity index (χ3v) is 2.53. The third-order valence-electron chi connectivity index (χ3n) is 2.53. The second kappa shape index (κ2) is 6.02. The van der Waals surface area contributed by atoms with E-state index in [1.165, 1.54) is 5.56 Å². The van der Waals surface area contributed by atoms with Gasteiger partial charge in [0.25, 0.3) is 0 Å². The van der Waals surface area contributed by atoms with Gasteiger partial charge in [0.15, 0.2) is 0 Å². The SMILES string of the molecule is CC(C)(C)CN[C@H](CN)Cc1ccccc1. The molecule has 0 fully saturated rings. The Hall–Kier alpha value is -0.860. The molecule has 0 amide bonds. The Morgan fingerprint density at radius 2 is 1.81 bits per heavy atom. The smallest absolute Gasteiger partial charge is 0.0230 e. The quantitative estimate of drug-likeness (QED) is 0.798. The van der Waals surface area contributed by atoms with Gasteiger partial charge in [-0.3, -0.25) is 0 Å². The van der Waals surface area contributed by atoms with Gasteiger partial charge in [0.05, 0.1) is 0 Å². The van der Waals surface area contributed by atoms with Crippen molar-refractivity contribution in [1.82, 2.24) is 5.32 Å². The summed E-state index contributed by atoms with van der Waals surface area (Å²) in [5.74, 6) is 0. The molecular weight excluding hydrogens is 196 g/mol. The van der Waals surface area contributed by atoms with E-state index in [1.807, 2.05) is 6.07 Å². The van der Waals surface area contributed by atoms with Gasteiger partial charge in [0, 0.05) is 19.1 Å². The maximum absolute atomic E-state index is 5.79. The van der Waals surface area contributed by atoms with Crippen molar-refractivity contribution in [3.63, 3.8) is 0 Å². The van der Waals surface area contributed by atoms with E-state index in [2.05, 4.69) is 50.4 Å². The van der Waals surface area contributed by atoms with Gasteiger partial charge >= 0.3 is 0 Å². The van der Waals surface area contributed by atoms with E-state index in [0.29, 0.717) is 18.0 Å². The highest BCUT2D eigenvalue weighted by atomic mass is 14.9. The van der Waals surface area contributed by atoms with Crippen LogP contribution < -0.4 is 11.1 Å². The summed E-state index contributed by atoms with van der Waals surface area (Å²) < 4.78 is 0.